The van der Waals surface area contributed by atoms with E-state index in [2.05, 4.69) is 24.6 Å². The molecule has 1 saturated heterocycles. The van der Waals surface area contributed by atoms with Gasteiger partial charge in [0, 0.05) is 25.4 Å². The highest BCUT2D eigenvalue weighted by Crippen LogP contribution is 2.13. The minimum Gasteiger partial charge on any atom is -0.377 e. The molecule has 0 N–H and O–H groups in total. The maximum Gasteiger partial charge on any atom is 0.0701 e. The van der Waals surface area contributed by atoms with Crippen molar-refractivity contribution in [3.63, 3.8) is 0 Å². The molecule has 1 aliphatic heterocycles. The summed E-state index contributed by atoms with van der Waals surface area (Å²) in [5.41, 5.74) is 0. The fourth-order valence-electron chi connectivity index (χ4n) is 1.56. The molecule has 1 fully saturated rings. The molecule has 12 heavy (non-hydrogen) atoms. The summed E-state index contributed by atoms with van der Waals surface area (Å²) in [4.78, 5) is 2.29. The van der Waals surface area contributed by atoms with Gasteiger partial charge >= 0.3 is 0 Å². The summed E-state index contributed by atoms with van der Waals surface area (Å²) in [5, 5.41) is 0. The minimum absolute atomic E-state index is 0.476. The lowest BCUT2D eigenvalue weighted by molar-refractivity contribution is -0.000503. The van der Waals surface area contributed by atoms with Crippen LogP contribution in [0, 0.1) is 0 Å². The van der Waals surface area contributed by atoms with E-state index in [9.17, 15) is 0 Å². The molecule has 1 heterocycles. The molecule has 0 spiro atoms. The van der Waals surface area contributed by atoms with Crippen molar-refractivity contribution in [3.8, 4) is 0 Å². The van der Waals surface area contributed by atoms with Crippen LogP contribution in [-0.2, 0) is 4.74 Å². The molecule has 72 valence electrons. The number of thiol groups is 1. The van der Waals surface area contributed by atoms with Crippen LogP contribution in [0.4, 0.5) is 0 Å². The smallest absolute Gasteiger partial charge is 0.0701 e. The Balaban J connectivity index is 2.11. The Hall–Kier alpha value is 0.270. The summed E-state index contributed by atoms with van der Waals surface area (Å²) in [7, 11) is 2.13. The van der Waals surface area contributed by atoms with E-state index in [4.69, 9.17) is 4.74 Å². The third kappa shape index (κ3) is 3.78. The van der Waals surface area contributed by atoms with Gasteiger partial charge in [-0.2, -0.15) is 12.6 Å². The van der Waals surface area contributed by atoms with Crippen molar-refractivity contribution in [1.29, 1.82) is 0 Å². The summed E-state index contributed by atoms with van der Waals surface area (Å²) < 4.78 is 5.63. The fraction of sp³-hybridized carbons (Fsp3) is 1.00. The summed E-state index contributed by atoms with van der Waals surface area (Å²) in [6.07, 6.45) is 4.28. The van der Waals surface area contributed by atoms with E-state index in [-0.39, 0.29) is 0 Å². The molecule has 0 bridgehead atoms. The molecular formula is C9H19NOS. The van der Waals surface area contributed by atoms with Crippen molar-refractivity contribution < 1.29 is 4.74 Å². The van der Waals surface area contributed by atoms with Crippen LogP contribution in [-0.4, -0.2) is 43.5 Å². The van der Waals surface area contributed by atoms with Crippen LogP contribution >= 0.6 is 12.6 Å². The Kier molecular flexibility index (Phi) is 5.04. The molecule has 1 rings (SSSR count). The number of hydrogen-bond acceptors (Lipinski definition) is 3. The first kappa shape index (κ1) is 10.4. The molecule has 3 heteroatoms. The first-order valence-electron chi connectivity index (χ1n) is 4.74. The van der Waals surface area contributed by atoms with Gasteiger partial charge in [0.1, 0.15) is 0 Å². The van der Waals surface area contributed by atoms with Gasteiger partial charge in [0.2, 0.25) is 0 Å². The van der Waals surface area contributed by atoms with Crippen LogP contribution in [0.15, 0.2) is 0 Å². The monoisotopic (exact) mass is 189 g/mol. The van der Waals surface area contributed by atoms with E-state index in [0.29, 0.717) is 6.10 Å². The number of ether oxygens (including phenoxy) is 1. The van der Waals surface area contributed by atoms with Crippen molar-refractivity contribution in [1.82, 2.24) is 4.90 Å². The molecule has 0 radical (unpaired) electrons. The van der Waals surface area contributed by atoms with Crippen molar-refractivity contribution in [3.05, 3.63) is 0 Å². The number of rotatable bonds is 4. The first-order chi connectivity index (χ1) is 5.83. The molecule has 0 aromatic rings. The SMILES string of the molecule is CN(CCS)CC1CCCCO1. The van der Waals surface area contributed by atoms with Crippen LogP contribution < -0.4 is 0 Å². The lowest BCUT2D eigenvalue weighted by Gasteiger charge is -2.26. The molecule has 1 atom stereocenters. The van der Waals surface area contributed by atoms with Gasteiger partial charge in [-0.1, -0.05) is 0 Å². The van der Waals surface area contributed by atoms with E-state index in [1.165, 1.54) is 19.3 Å². The van der Waals surface area contributed by atoms with E-state index in [1.54, 1.807) is 0 Å². The number of likely N-dealkylation sites (N-methyl/N-ethyl adjacent to an activating group) is 1. The lowest BCUT2D eigenvalue weighted by atomic mass is 10.1. The van der Waals surface area contributed by atoms with E-state index in [0.717, 1.165) is 25.4 Å². The van der Waals surface area contributed by atoms with Gasteiger partial charge < -0.3 is 9.64 Å². The first-order valence-corrected chi connectivity index (χ1v) is 5.37. The highest BCUT2D eigenvalue weighted by Gasteiger charge is 2.14. The lowest BCUT2D eigenvalue weighted by Crippen LogP contribution is -2.34. The van der Waals surface area contributed by atoms with Gasteiger partial charge in [-0.3, -0.25) is 0 Å². The minimum atomic E-state index is 0.476. The second-order valence-corrected chi connectivity index (χ2v) is 3.92. The summed E-state index contributed by atoms with van der Waals surface area (Å²) >= 11 is 4.20. The highest BCUT2D eigenvalue weighted by atomic mass is 32.1. The van der Waals surface area contributed by atoms with Crippen molar-refractivity contribution in [2.24, 2.45) is 0 Å². The molecule has 0 aromatic carbocycles. The highest BCUT2D eigenvalue weighted by molar-refractivity contribution is 7.80. The van der Waals surface area contributed by atoms with Crippen LogP contribution in [0.1, 0.15) is 19.3 Å². The Morgan fingerprint density at radius 2 is 2.33 bits per heavy atom. The van der Waals surface area contributed by atoms with Gasteiger partial charge in [0.25, 0.3) is 0 Å². The predicted octanol–water partition coefficient (Wildman–Crippen LogP) is 1.42. The average Bonchev–Trinajstić information content (AvgIpc) is 2.06. The molecule has 0 aromatic heterocycles. The number of nitrogens with zero attached hydrogens (tertiary/aromatic N) is 1. The zero-order valence-corrected chi connectivity index (χ0v) is 8.72. The third-order valence-electron chi connectivity index (χ3n) is 2.27. The van der Waals surface area contributed by atoms with Crippen LogP contribution in [0.2, 0.25) is 0 Å². The van der Waals surface area contributed by atoms with Gasteiger partial charge in [-0.25, -0.2) is 0 Å². The Morgan fingerprint density at radius 3 is 2.92 bits per heavy atom. The van der Waals surface area contributed by atoms with E-state index in [1.807, 2.05) is 0 Å². The molecule has 0 saturated carbocycles. The Labute approximate surface area is 80.7 Å². The maximum absolute atomic E-state index is 5.63. The second-order valence-electron chi connectivity index (χ2n) is 3.47. The van der Waals surface area contributed by atoms with Gasteiger partial charge in [-0.05, 0) is 26.3 Å². The predicted molar refractivity (Wildman–Crippen MR) is 54.9 cm³/mol. The third-order valence-corrected chi connectivity index (χ3v) is 2.47. The summed E-state index contributed by atoms with van der Waals surface area (Å²) in [6.45, 7) is 3.09. The van der Waals surface area contributed by atoms with Gasteiger partial charge in [0.15, 0.2) is 0 Å². The van der Waals surface area contributed by atoms with Crippen LogP contribution in [0.3, 0.4) is 0 Å². The molecular weight excluding hydrogens is 170 g/mol. The summed E-state index contributed by atoms with van der Waals surface area (Å²) in [6, 6.07) is 0. The van der Waals surface area contributed by atoms with E-state index < -0.39 is 0 Å². The van der Waals surface area contributed by atoms with Crippen molar-refractivity contribution in [2.75, 3.05) is 32.5 Å². The van der Waals surface area contributed by atoms with Crippen molar-refractivity contribution >= 4 is 12.6 Å². The zero-order chi connectivity index (χ0) is 8.81. The normalized spacial score (nSPS) is 24.8. The number of hydrogen-bond donors (Lipinski definition) is 1. The molecule has 0 amide bonds. The second kappa shape index (κ2) is 5.84. The fourth-order valence-corrected chi connectivity index (χ4v) is 1.90. The topological polar surface area (TPSA) is 12.5 Å². The zero-order valence-electron chi connectivity index (χ0n) is 7.83. The molecule has 1 aliphatic rings. The van der Waals surface area contributed by atoms with E-state index >= 15 is 0 Å². The maximum atomic E-state index is 5.63. The van der Waals surface area contributed by atoms with Crippen molar-refractivity contribution in [2.45, 2.75) is 25.4 Å². The largest absolute Gasteiger partial charge is 0.377 e. The molecule has 1 unspecified atom stereocenters. The quantitative estimate of drug-likeness (QED) is 0.671. The Morgan fingerprint density at radius 1 is 1.50 bits per heavy atom. The van der Waals surface area contributed by atoms with Crippen LogP contribution in [0.5, 0.6) is 0 Å². The Bertz CT molecular complexity index is 115. The standard InChI is InChI=1S/C9H19NOS/c1-10(5-7-12)8-9-4-2-3-6-11-9/h9,12H,2-8H2,1H3. The average molecular weight is 189 g/mol. The molecule has 2 nitrogen and oxygen atoms in total. The van der Waals surface area contributed by atoms with Crippen LogP contribution in [0.25, 0.3) is 0 Å². The van der Waals surface area contributed by atoms with Gasteiger partial charge in [-0.15, -0.1) is 0 Å². The van der Waals surface area contributed by atoms with Gasteiger partial charge in [0.05, 0.1) is 6.10 Å². The molecule has 0 aliphatic carbocycles. The summed E-state index contributed by atoms with van der Waals surface area (Å²) in [5.74, 6) is 0.934.